The highest BCUT2D eigenvalue weighted by Crippen LogP contribution is 2.18. The zero-order chi connectivity index (χ0) is 8.97. The number of carbonyl (C=O) groups excluding carboxylic acids is 1. The van der Waals surface area contributed by atoms with Gasteiger partial charge >= 0.3 is 0 Å². The standard InChI is InChI=1S/C7H11N3O2/c8-3-5-1-2-6(12-5)7(11)10-4-9/h5-6H,1-3,8H2,(H,10,11). The summed E-state index contributed by atoms with van der Waals surface area (Å²) in [5.74, 6) is -0.367. The van der Waals surface area contributed by atoms with E-state index in [2.05, 4.69) is 0 Å². The van der Waals surface area contributed by atoms with Gasteiger partial charge in [0.05, 0.1) is 6.10 Å². The lowest BCUT2D eigenvalue weighted by Gasteiger charge is -2.08. The molecule has 0 bridgehead atoms. The van der Waals surface area contributed by atoms with Crippen molar-refractivity contribution >= 4 is 5.91 Å². The van der Waals surface area contributed by atoms with Gasteiger partial charge in [-0.3, -0.25) is 10.1 Å². The van der Waals surface area contributed by atoms with Crippen LogP contribution in [0.1, 0.15) is 12.8 Å². The van der Waals surface area contributed by atoms with Crippen LogP contribution in [-0.2, 0) is 9.53 Å². The molecule has 1 saturated heterocycles. The van der Waals surface area contributed by atoms with Crippen molar-refractivity contribution in [2.24, 2.45) is 5.73 Å². The highest BCUT2D eigenvalue weighted by molar-refractivity contribution is 5.82. The molecule has 0 spiro atoms. The number of carbonyl (C=O) groups is 1. The Morgan fingerprint density at radius 3 is 3.00 bits per heavy atom. The van der Waals surface area contributed by atoms with Crippen LogP contribution in [0, 0.1) is 11.5 Å². The average Bonchev–Trinajstić information content (AvgIpc) is 2.52. The van der Waals surface area contributed by atoms with E-state index >= 15 is 0 Å². The SMILES string of the molecule is N#CNC(=O)C1CCC(CN)O1. The Kier molecular flexibility index (Phi) is 3.02. The molecule has 0 aliphatic carbocycles. The summed E-state index contributed by atoms with van der Waals surface area (Å²) >= 11 is 0. The predicted octanol–water partition coefficient (Wildman–Crippen LogP) is -0.910. The van der Waals surface area contributed by atoms with Crippen LogP contribution in [0.5, 0.6) is 0 Å². The van der Waals surface area contributed by atoms with Crippen LogP contribution in [0.3, 0.4) is 0 Å². The molecule has 0 aromatic heterocycles. The van der Waals surface area contributed by atoms with E-state index in [-0.39, 0.29) is 12.0 Å². The number of ether oxygens (including phenoxy) is 1. The Labute approximate surface area is 70.5 Å². The molecule has 0 aromatic rings. The highest BCUT2D eigenvalue weighted by Gasteiger charge is 2.29. The van der Waals surface area contributed by atoms with Gasteiger partial charge in [0.2, 0.25) is 0 Å². The summed E-state index contributed by atoms with van der Waals surface area (Å²) in [7, 11) is 0. The van der Waals surface area contributed by atoms with Crippen molar-refractivity contribution in [3.63, 3.8) is 0 Å². The first kappa shape index (κ1) is 8.97. The van der Waals surface area contributed by atoms with Gasteiger partial charge in [0.15, 0.2) is 6.19 Å². The molecule has 5 heteroatoms. The fourth-order valence-corrected chi connectivity index (χ4v) is 1.21. The van der Waals surface area contributed by atoms with E-state index in [1.54, 1.807) is 6.19 Å². The average molecular weight is 169 g/mol. The number of amides is 1. The molecular formula is C7H11N3O2. The van der Waals surface area contributed by atoms with E-state index in [9.17, 15) is 4.79 Å². The molecule has 0 saturated carbocycles. The second-order valence-corrected chi connectivity index (χ2v) is 2.66. The van der Waals surface area contributed by atoms with Gasteiger partial charge in [0.1, 0.15) is 6.10 Å². The summed E-state index contributed by atoms with van der Waals surface area (Å²) in [6, 6.07) is 0. The smallest absolute Gasteiger partial charge is 0.262 e. The molecular weight excluding hydrogens is 158 g/mol. The fourth-order valence-electron chi connectivity index (χ4n) is 1.21. The largest absolute Gasteiger partial charge is 0.364 e. The molecule has 66 valence electrons. The summed E-state index contributed by atoms with van der Waals surface area (Å²) in [6.07, 6.45) is 2.49. The van der Waals surface area contributed by atoms with Crippen molar-refractivity contribution in [3.8, 4) is 6.19 Å². The van der Waals surface area contributed by atoms with Gasteiger partial charge in [-0.05, 0) is 12.8 Å². The maximum Gasteiger partial charge on any atom is 0.262 e. The van der Waals surface area contributed by atoms with Gasteiger partial charge in [0, 0.05) is 6.54 Å². The van der Waals surface area contributed by atoms with Crippen molar-refractivity contribution in [3.05, 3.63) is 0 Å². The molecule has 1 fully saturated rings. The zero-order valence-corrected chi connectivity index (χ0v) is 6.62. The van der Waals surface area contributed by atoms with E-state index in [0.717, 1.165) is 6.42 Å². The fraction of sp³-hybridized carbons (Fsp3) is 0.714. The van der Waals surface area contributed by atoms with E-state index in [0.29, 0.717) is 13.0 Å². The first-order valence-electron chi connectivity index (χ1n) is 3.82. The van der Waals surface area contributed by atoms with Gasteiger partial charge in [-0.15, -0.1) is 0 Å². The number of nitrogens with zero attached hydrogens (tertiary/aromatic N) is 1. The Bertz CT molecular complexity index is 211. The normalized spacial score (nSPS) is 28.0. The predicted molar refractivity (Wildman–Crippen MR) is 40.7 cm³/mol. The minimum absolute atomic E-state index is 0.0283. The topological polar surface area (TPSA) is 88.1 Å². The molecule has 2 atom stereocenters. The lowest BCUT2D eigenvalue weighted by molar-refractivity contribution is -0.130. The molecule has 3 N–H and O–H groups in total. The minimum atomic E-state index is -0.488. The molecule has 1 aliphatic rings. The van der Waals surface area contributed by atoms with Gasteiger partial charge in [-0.25, -0.2) is 0 Å². The van der Waals surface area contributed by atoms with E-state index in [4.69, 9.17) is 15.7 Å². The summed E-state index contributed by atoms with van der Waals surface area (Å²) in [5.41, 5.74) is 5.35. The molecule has 1 heterocycles. The molecule has 0 radical (unpaired) electrons. The number of nitrogens with two attached hydrogens (primary N) is 1. The first-order chi connectivity index (χ1) is 5.77. The third kappa shape index (κ3) is 1.94. The molecule has 2 unspecified atom stereocenters. The van der Waals surface area contributed by atoms with Crippen molar-refractivity contribution in [2.75, 3.05) is 6.54 Å². The molecule has 5 nitrogen and oxygen atoms in total. The lowest BCUT2D eigenvalue weighted by atomic mass is 10.2. The van der Waals surface area contributed by atoms with E-state index < -0.39 is 6.10 Å². The maximum absolute atomic E-state index is 11.0. The van der Waals surface area contributed by atoms with Gasteiger partial charge < -0.3 is 10.5 Å². The van der Waals surface area contributed by atoms with Crippen molar-refractivity contribution < 1.29 is 9.53 Å². The van der Waals surface area contributed by atoms with Gasteiger partial charge in [-0.2, -0.15) is 5.26 Å². The Hall–Kier alpha value is -1.12. The summed E-state index contributed by atoms with van der Waals surface area (Å²) in [6.45, 7) is 0.427. The molecule has 1 amide bonds. The lowest BCUT2D eigenvalue weighted by Crippen LogP contribution is -2.32. The Balaban J connectivity index is 2.37. The first-order valence-corrected chi connectivity index (χ1v) is 3.82. The molecule has 1 aliphatic heterocycles. The second-order valence-electron chi connectivity index (χ2n) is 2.66. The van der Waals surface area contributed by atoms with Crippen LogP contribution in [0.15, 0.2) is 0 Å². The molecule has 1 rings (SSSR count). The molecule has 12 heavy (non-hydrogen) atoms. The van der Waals surface area contributed by atoms with Crippen LogP contribution < -0.4 is 11.1 Å². The number of hydrogen-bond donors (Lipinski definition) is 2. The van der Waals surface area contributed by atoms with Crippen molar-refractivity contribution in [1.82, 2.24) is 5.32 Å². The Morgan fingerprint density at radius 2 is 2.50 bits per heavy atom. The van der Waals surface area contributed by atoms with Crippen molar-refractivity contribution in [2.45, 2.75) is 25.0 Å². The summed E-state index contributed by atoms with van der Waals surface area (Å²) in [4.78, 5) is 11.0. The maximum atomic E-state index is 11.0. The second kappa shape index (κ2) is 4.04. The quantitative estimate of drug-likeness (QED) is 0.413. The third-order valence-electron chi connectivity index (χ3n) is 1.84. The molecule has 0 aromatic carbocycles. The van der Waals surface area contributed by atoms with E-state index in [1.165, 1.54) is 0 Å². The van der Waals surface area contributed by atoms with Crippen LogP contribution in [0.2, 0.25) is 0 Å². The monoisotopic (exact) mass is 169 g/mol. The minimum Gasteiger partial charge on any atom is -0.364 e. The highest BCUT2D eigenvalue weighted by atomic mass is 16.5. The zero-order valence-electron chi connectivity index (χ0n) is 6.62. The van der Waals surface area contributed by atoms with Crippen molar-refractivity contribution in [1.29, 1.82) is 5.26 Å². The van der Waals surface area contributed by atoms with Gasteiger partial charge in [0.25, 0.3) is 5.91 Å². The summed E-state index contributed by atoms with van der Waals surface area (Å²) < 4.78 is 5.24. The van der Waals surface area contributed by atoms with E-state index in [1.807, 2.05) is 5.32 Å². The number of rotatable bonds is 2. The third-order valence-corrected chi connectivity index (χ3v) is 1.84. The summed E-state index contributed by atoms with van der Waals surface area (Å²) in [5, 5.41) is 10.2. The number of hydrogen-bond acceptors (Lipinski definition) is 4. The number of nitrogens with one attached hydrogen (secondary N) is 1. The van der Waals surface area contributed by atoms with Crippen LogP contribution >= 0.6 is 0 Å². The van der Waals surface area contributed by atoms with Crippen LogP contribution in [-0.4, -0.2) is 24.7 Å². The number of nitriles is 1. The van der Waals surface area contributed by atoms with Gasteiger partial charge in [-0.1, -0.05) is 0 Å². The van der Waals surface area contributed by atoms with Crippen LogP contribution in [0.25, 0.3) is 0 Å². The Morgan fingerprint density at radius 1 is 1.75 bits per heavy atom. The van der Waals surface area contributed by atoms with Crippen LogP contribution in [0.4, 0.5) is 0 Å².